The molecule has 19 heavy (non-hydrogen) atoms. The van der Waals surface area contributed by atoms with Crippen molar-refractivity contribution in [1.82, 2.24) is 9.97 Å². The average molecular weight is 282 g/mol. The summed E-state index contributed by atoms with van der Waals surface area (Å²) in [6.07, 6.45) is 2.62. The van der Waals surface area contributed by atoms with E-state index in [0.29, 0.717) is 5.03 Å². The van der Waals surface area contributed by atoms with E-state index in [0.717, 1.165) is 23.9 Å². The first-order valence-electron chi connectivity index (χ1n) is 5.13. The molecule has 4 nitrogen and oxygen atoms in total. The molecule has 0 aliphatic carbocycles. The first-order chi connectivity index (χ1) is 9.10. The fraction of sp³-hybridized carbons (Fsp3) is 0.0833. The standard InChI is InChI=1S/C12H8F2N2O2S/c1-18-12(17)9-5-15-6-11(16-9)19-10-3-2-7(13)4-8(10)14/h2-6H,1H3. The third-order valence-corrected chi connectivity index (χ3v) is 3.07. The Morgan fingerprint density at radius 3 is 2.79 bits per heavy atom. The fourth-order valence-corrected chi connectivity index (χ4v) is 2.05. The highest BCUT2D eigenvalue weighted by molar-refractivity contribution is 7.99. The van der Waals surface area contributed by atoms with Crippen LogP contribution in [0.25, 0.3) is 0 Å². The molecule has 2 rings (SSSR count). The van der Waals surface area contributed by atoms with Crippen LogP contribution in [0.5, 0.6) is 0 Å². The molecular weight excluding hydrogens is 274 g/mol. The zero-order valence-electron chi connectivity index (χ0n) is 9.76. The molecule has 7 heteroatoms. The molecule has 1 aromatic heterocycles. The van der Waals surface area contributed by atoms with E-state index < -0.39 is 17.6 Å². The summed E-state index contributed by atoms with van der Waals surface area (Å²) < 4.78 is 30.7. The molecule has 0 bridgehead atoms. The van der Waals surface area contributed by atoms with Crippen LogP contribution >= 0.6 is 11.8 Å². The third-order valence-electron chi connectivity index (χ3n) is 2.12. The van der Waals surface area contributed by atoms with Gasteiger partial charge in [0.15, 0.2) is 5.69 Å². The maximum Gasteiger partial charge on any atom is 0.358 e. The molecule has 0 atom stereocenters. The minimum absolute atomic E-state index is 0.0232. The van der Waals surface area contributed by atoms with Gasteiger partial charge in [-0.3, -0.25) is 4.98 Å². The maximum absolute atomic E-state index is 13.5. The Hall–Kier alpha value is -2.02. The molecule has 98 valence electrons. The first kappa shape index (κ1) is 13.4. The van der Waals surface area contributed by atoms with Crippen LogP contribution in [0.4, 0.5) is 8.78 Å². The molecule has 0 spiro atoms. The Morgan fingerprint density at radius 1 is 1.32 bits per heavy atom. The molecule has 0 saturated carbocycles. The second-order valence-electron chi connectivity index (χ2n) is 3.41. The van der Waals surface area contributed by atoms with Gasteiger partial charge in [-0.2, -0.15) is 0 Å². The number of methoxy groups -OCH3 is 1. The Kier molecular flexibility index (Phi) is 4.06. The SMILES string of the molecule is COC(=O)c1cncc(Sc2ccc(F)cc2F)n1. The first-order valence-corrected chi connectivity index (χ1v) is 5.95. The number of hydrogen-bond donors (Lipinski definition) is 0. The zero-order valence-corrected chi connectivity index (χ0v) is 10.6. The molecule has 2 aromatic rings. The summed E-state index contributed by atoms with van der Waals surface area (Å²) in [7, 11) is 1.23. The van der Waals surface area contributed by atoms with E-state index in [4.69, 9.17) is 0 Å². The Morgan fingerprint density at radius 2 is 2.11 bits per heavy atom. The highest BCUT2D eigenvalue weighted by atomic mass is 32.2. The van der Waals surface area contributed by atoms with Crippen LogP contribution in [0.15, 0.2) is 40.5 Å². The van der Waals surface area contributed by atoms with E-state index in [9.17, 15) is 13.6 Å². The predicted molar refractivity (Wildman–Crippen MR) is 63.9 cm³/mol. The van der Waals surface area contributed by atoms with Crippen LogP contribution in [0.3, 0.4) is 0 Å². The summed E-state index contributed by atoms with van der Waals surface area (Å²) >= 11 is 0.942. The average Bonchev–Trinajstić information content (AvgIpc) is 2.41. The van der Waals surface area contributed by atoms with Crippen LogP contribution in [-0.2, 0) is 4.74 Å². The number of benzene rings is 1. The zero-order chi connectivity index (χ0) is 13.8. The number of esters is 1. The molecule has 0 saturated heterocycles. The van der Waals surface area contributed by atoms with Crippen molar-refractivity contribution in [3.05, 3.63) is 47.9 Å². The highest BCUT2D eigenvalue weighted by Crippen LogP contribution is 2.28. The molecule has 0 radical (unpaired) electrons. The van der Waals surface area contributed by atoms with Crippen LogP contribution in [-0.4, -0.2) is 23.0 Å². The summed E-state index contributed by atoms with van der Waals surface area (Å²) in [6.45, 7) is 0. The lowest BCUT2D eigenvalue weighted by molar-refractivity contribution is 0.0592. The minimum atomic E-state index is -0.699. The smallest absolute Gasteiger partial charge is 0.358 e. The highest BCUT2D eigenvalue weighted by Gasteiger charge is 2.11. The fourth-order valence-electron chi connectivity index (χ4n) is 1.27. The predicted octanol–water partition coefficient (Wildman–Crippen LogP) is 2.69. The maximum atomic E-state index is 13.5. The van der Waals surface area contributed by atoms with Gasteiger partial charge in [-0.05, 0) is 12.1 Å². The molecule has 0 amide bonds. The van der Waals surface area contributed by atoms with Crippen molar-refractivity contribution in [2.45, 2.75) is 9.92 Å². The number of ether oxygens (including phenoxy) is 1. The Bertz CT molecular complexity index is 622. The van der Waals surface area contributed by atoms with Gasteiger partial charge in [0.05, 0.1) is 19.5 Å². The quantitative estimate of drug-likeness (QED) is 0.810. The molecule has 1 aromatic carbocycles. The molecule has 0 aliphatic heterocycles. The second kappa shape index (κ2) is 5.75. The van der Waals surface area contributed by atoms with Gasteiger partial charge in [0.25, 0.3) is 0 Å². The lowest BCUT2D eigenvalue weighted by atomic mass is 10.3. The number of rotatable bonds is 3. The van der Waals surface area contributed by atoms with Gasteiger partial charge in [0.2, 0.25) is 0 Å². The number of nitrogens with zero attached hydrogens (tertiary/aromatic N) is 2. The van der Waals surface area contributed by atoms with Crippen molar-refractivity contribution in [2.24, 2.45) is 0 Å². The van der Waals surface area contributed by atoms with Crippen molar-refractivity contribution in [1.29, 1.82) is 0 Å². The third kappa shape index (κ3) is 3.25. The number of hydrogen-bond acceptors (Lipinski definition) is 5. The van der Waals surface area contributed by atoms with E-state index in [2.05, 4.69) is 14.7 Å². The van der Waals surface area contributed by atoms with Crippen LogP contribution < -0.4 is 0 Å². The largest absolute Gasteiger partial charge is 0.464 e. The van der Waals surface area contributed by atoms with E-state index >= 15 is 0 Å². The monoisotopic (exact) mass is 282 g/mol. The van der Waals surface area contributed by atoms with Crippen LogP contribution in [0, 0.1) is 11.6 Å². The van der Waals surface area contributed by atoms with Crippen molar-refractivity contribution < 1.29 is 18.3 Å². The van der Waals surface area contributed by atoms with Gasteiger partial charge in [-0.1, -0.05) is 11.8 Å². The molecule has 0 fully saturated rings. The van der Waals surface area contributed by atoms with Gasteiger partial charge in [0, 0.05) is 11.0 Å². The summed E-state index contributed by atoms with van der Waals surface area (Å²) in [5, 5.41) is 0.313. The van der Waals surface area contributed by atoms with E-state index in [-0.39, 0.29) is 10.6 Å². The molecule has 0 unspecified atom stereocenters. The van der Waals surface area contributed by atoms with Crippen molar-refractivity contribution >= 4 is 17.7 Å². The van der Waals surface area contributed by atoms with E-state index in [1.165, 1.54) is 25.6 Å². The van der Waals surface area contributed by atoms with Gasteiger partial charge >= 0.3 is 5.97 Å². The summed E-state index contributed by atoms with van der Waals surface area (Å²) in [4.78, 5) is 19.2. The molecule has 0 aliphatic rings. The van der Waals surface area contributed by atoms with Crippen molar-refractivity contribution in [3.8, 4) is 0 Å². The normalized spacial score (nSPS) is 10.3. The minimum Gasteiger partial charge on any atom is -0.464 e. The van der Waals surface area contributed by atoms with Crippen molar-refractivity contribution in [3.63, 3.8) is 0 Å². The second-order valence-corrected chi connectivity index (χ2v) is 4.47. The van der Waals surface area contributed by atoms with E-state index in [1.54, 1.807) is 0 Å². The number of aromatic nitrogens is 2. The van der Waals surface area contributed by atoms with E-state index in [1.807, 2.05) is 0 Å². The summed E-state index contributed by atoms with van der Waals surface area (Å²) in [5.74, 6) is -1.99. The van der Waals surface area contributed by atoms with Crippen molar-refractivity contribution in [2.75, 3.05) is 7.11 Å². The van der Waals surface area contributed by atoms with Gasteiger partial charge in [-0.25, -0.2) is 18.6 Å². The van der Waals surface area contributed by atoms with Gasteiger partial charge in [0.1, 0.15) is 16.7 Å². The Labute approximate surface area is 111 Å². The van der Waals surface area contributed by atoms with Crippen LogP contribution in [0.2, 0.25) is 0 Å². The summed E-state index contributed by atoms with van der Waals surface area (Å²) in [5.41, 5.74) is 0.0232. The summed E-state index contributed by atoms with van der Waals surface area (Å²) in [6, 6.07) is 3.21. The molecule has 1 heterocycles. The van der Waals surface area contributed by atoms with Gasteiger partial charge < -0.3 is 4.74 Å². The topological polar surface area (TPSA) is 52.1 Å². The lowest BCUT2D eigenvalue weighted by Gasteiger charge is -2.03. The lowest BCUT2D eigenvalue weighted by Crippen LogP contribution is -2.05. The number of carbonyl (C=O) groups excluding carboxylic acids is 1. The number of carbonyl (C=O) groups is 1. The van der Waals surface area contributed by atoms with Gasteiger partial charge in [-0.15, -0.1) is 0 Å². The Balaban J connectivity index is 2.26. The molecular formula is C12H8F2N2O2S. The molecule has 0 N–H and O–H groups in total. The van der Waals surface area contributed by atoms with Crippen LogP contribution in [0.1, 0.15) is 10.5 Å². The number of halogens is 2.